The highest BCUT2D eigenvalue weighted by Crippen LogP contribution is 2.38. The molecule has 2 heterocycles. The Hall–Kier alpha value is -1.46. The lowest BCUT2D eigenvalue weighted by molar-refractivity contribution is -0.384. The number of fused-ring (bicyclic) bond motifs is 1. The predicted octanol–water partition coefficient (Wildman–Crippen LogP) is 2.72. The van der Waals surface area contributed by atoms with Crippen LogP contribution in [0.2, 0.25) is 0 Å². The third kappa shape index (κ3) is 2.24. The molecular weight excluding hydrogens is 244 g/mol. The fourth-order valence-electron chi connectivity index (χ4n) is 3.17. The van der Waals surface area contributed by atoms with Crippen LogP contribution in [0.25, 0.3) is 0 Å². The van der Waals surface area contributed by atoms with Gasteiger partial charge in [0.05, 0.1) is 11.5 Å². The maximum atomic E-state index is 10.7. The number of hydrogen-bond acceptors (Lipinski definition) is 4. The smallest absolute Gasteiger partial charge is 0.269 e. The first-order chi connectivity index (χ1) is 9.16. The highest BCUT2D eigenvalue weighted by Gasteiger charge is 2.40. The summed E-state index contributed by atoms with van der Waals surface area (Å²) in [6, 6.07) is 7.22. The van der Waals surface area contributed by atoms with E-state index in [-0.39, 0.29) is 16.8 Å². The quantitative estimate of drug-likeness (QED) is 0.607. The Bertz CT molecular complexity index is 474. The molecule has 3 atom stereocenters. The average Bonchev–Trinajstić information content (AvgIpc) is 2.84. The molecule has 0 amide bonds. The molecule has 102 valence electrons. The van der Waals surface area contributed by atoms with Crippen molar-refractivity contribution in [1.82, 2.24) is 4.90 Å². The van der Waals surface area contributed by atoms with Crippen molar-refractivity contribution < 1.29 is 9.66 Å². The second kappa shape index (κ2) is 4.90. The van der Waals surface area contributed by atoms with Crippen molar-refractivity contribution in [3.05, 3.63) is 39.9 Å². The Morgan fingerprint density at radius 3 is 2.79 bits per heavy atom. The topological polar surface area (TPSA) is 55.6 Å². The van der Waals surface area contributed by atoms with Gasteiger partial charge in [-0.2, -0.15) is 0 Å². The first-order valence-electron chi connectivity index (χ1n) is 6.78. The molecule has 0 aromatic heterocycles. The number of nitro benzene ring substituents is 1. The van der Waals surface area contributed by atoms with E-state index < -0.39 is 0 Å². The highest BCUT2D eigenvalue weighted by atomic mass is 16.6. The van der Waals surface area contributed by atoms with Crippen molar-refractivity contribution in [1.29, 1.82) is 0 Å². The van der Waals surface area contributed by atoms with Gasteiger partial charge in [-0.25, -0.2) is 0 Å². The molecule has 0 radical (unpaired) electrons. The number of piperidine rings is 1. The summed E-state index contributed by atoms with van der Waals surface area (Å²) in [7, 11) is 0. The number of rotatable bonds is 2. The zero-order valence-corrected chi connectivity index (χ0v) is 11.0. The van der Waals surface area contributed by atoms with Crippen LogP contribution in [-0.2, 0) is 4.74 Å². The largest absolute Gasteiger partial charge is 0.357 e. The van der Waals surface area contributed by atoms with Gasteiger partial charge in [0.25, 0.3) is 5.69 Å². The van der Waals surface area contributed by atoms with Crippen LogP contribution >= 0.6 is 0 Å². The normalized spacial score (nSPS) is 31.1. The summed E-state index contributed by atoms with van der Waals surface area (Å²) in [5.74, 6) is 0.664. The minimum Gasteiger partial charge on any atom is -0.357 e. The maximum absolute atomic E-state index is 10.7. The van der Waals surface area contributed by atoms with Crippen molar-refractivity contribution in [3.63, 3.8) is 0 Å². The fraction of sp³-hybridized carbons (Fsp3) is 0.571. The summed E-state index contributed by atoms with van der Waals surface area (Å²) < 4.78 is 5.91. The minimum absolute atomic E-state index is 0.0337. The standard InChI is InChI=1S/C14H18N2O3/c1-10-3-2-8-15-13(10)9-19-14(15)11-4-6-12(7-5-11)16(17)18/h4-7,10,13-14H,2-3,8-9H2,1H3/t10-,13+,14-/m1/s1. The molecule has 0 unspecified atom stereocenters. The summed E-state index contributed by atoms with van der Waals surface area (Å²) >= 11 is 0. The molecule has 0 saturated carbocycles. The van der Waals surface area contributed by atoms with Gasteiger partial charge in [-0.1, -0.05) is 6.92 Å². The minimum atomic E-state index is -0.370. The van der Waals surface area contributed by atoms with Gasteiger partial charge in [-0.3, -0.25) is 15.0 Å². The van der Waals surface area contributed by atoms with Crippen molar-refractivity contribution in [2.24, 2.45) is 5.92 Å². The first kappa shape index (κ1) is 12.6. The number of ether oxygens (including phenoxy) is 1. The average molecular weight is 262 g/mol. The van der Waals surface area contributed by atoms with Crippen molar-refractivity contribution >= 4 is 5.69 Å². The Kier molecular flexibility index (Phi) is 3.24. The Balaban J connectivity index is 1.80. The van der Waals surface area contributed by atoms with Crippen LogP contribution in [0.1, 0.15) is 31.6 Å². The lowest BCUT2D eigenvalue weighted by Crippen LogP contribution is -2.41. The molecule has 2 aliphatic heterocycles. The SMILES string of the molecule is C[C@@H]1CCCN2[C@@H](c3ccc([N+](=O)[O-])cc3)OC[C@@H]12. The molecule has 1 aromatic carbocycles. The summed E-state index contributed by atoms with van der Waals surface area (Å²) in [6.45, 7) is 4.10. The van der Waals surface area contributed by atoms with Crippen LogP contribution < -0.4 is 0 Å². The first-order valence-corrected chi connectivity index (χ1v) is 6.78. The van der Waals surface area contributed by atoms with Gasteiger partial charge < -0.3 is 4.74 Å². The van der Waals surface area contributed by atoms with Crippen LogP contribution in [-0.4, -0.2) is 29.0 Å². The van der Waals surface area contributed by atoms with Gasteiger partial charge >= 0.3 is 0 Å². The van der Waals surface area contributed by atoms with E-state index >= 15 is 0 Å². The number of benzene rings is 1. The fourth-order valence-corrected chi connectivity index (χ4v) is 3.17. The Morgan fingerprint density at radius 2 is 2.11 bits per heavy atom. The van der Waals surface area contributed by atoms with E-state index in [0.29, 0.717) is 12.0 Å². The monoisotopic (exact) mass is 262 g/mol. The molecule has 19 heavy (non-hydrogen) atoms. The van der Waals surface area contributed by atoms with Crippen LogP contribution in [0.3, 0.4) is 0 Å². The number of nitrogens with zero attached hydrogens (tertiary/aromatic N) is 2. The van der Waals surface area contributed by atoms with Crippen LogP contribution in [0.4, 0.5) is 5.69 Å². The van der Waals surface area contributed by atoms with Crippen LogP contribution in [0.5, 0.6) is 0 Å². The summed E-state index contributed by atoms with van der Waals surface area (Å²) in [5.41, 5.74) is 1.15. The predicted molar refractivity (Wildman–Crippen MR) is 70.7 cm³/mol. The summed E-state index contributed by atoms with van der Waals surface area (Å²) in [4.78, 5) is 12.7. The van der Waals surface area contributed by atoms with Crippen LogP contribution in [0, 0.1) is 16.0 Å². The maximum Gasteiger partial charge on any atom is 0.269 e. The van der Waals surface area contributed by atoms with E-state index in [0.717, 1.165) is 18.7 Å². The van der Waals surface area contributed by atoms with E-state index in [9.17, 15) is 10.1 Å². The van der Waals surface area contributed by atoms with Gasteiger partial charge in [0.2, 0.25) is 0 Å². The second-order valence-corrected chi connectivity index (χ2v) is 5.46. The van der Waals surface area contributed by atoms with Crippen molar-refractivity contribution in [2.45, 2.75) is 32.0 Å². The Morgan fingerprint density at radius 1 is 1.37 bits per heavy atom. The molecule has 0 N–H and O–H groups in total. The summed E-state index contributed by atoms with van der Waals surface area (Å²) in [6.07, 6.45) is 2.43. The van der Waals surface area contributed by atoms with Crippen molar-refractivity contribution in [2.75, 3.05) is 13.2 Å². The molecular formula is C14H18N2O3. The van der Waals surface area contributed by atoms with E-state index in [1.165, 1.54) is 12.8 Å². The molecule has 0 spiro atoms. The zero-order chi connectivity index (χ0) is 13.4. The molecule has 2 aliphatic rings. The lowest BCUT2D eigenvalue weighted by Gasteiger charge is -2.36. The second-order valence-electron chi connectivity index (χ2n) is 5.46. The third-order valence-corrected chi connectivity index (χ3v) is 4.27. The number of nitro groups is 1. The Labute approximate surface area is 112 Å². The van der Waals surface area contributed by atoms with Gasteiger partial charge in [-0.15, -0.1) is 0 Å². The van der Waals surface area contributed by atoms with E-state index in [4.69, 9.17) is 4.74 Å². The van der Waals surface area contributed by atoms with Gasteiger partial charge in [-0.05, 0) is 36.5 Å². The molecule has 1 aromatic rings. The third-order valence-electron chi connectivity index (χ3n) is 4.27. The molecule has 2 fully saturated rings. The van der Waals surface area contributed by atoms with E-state index in [2.05, 4.69) is 11.8 Å². The van der Waals surface area contributed by atoms with Gasteiger partial charge in [0, 0.05) is 24.7 Å². The van der Waals surface area contributed by atoms with E-state index in [1.807, 2.05) is 12.1 Å². The summed E-state index contributed by atoms with van der Waals surface area (Å²) in [5, 5.41) is 10.7. The van der Waals surface area contributed by atoms with Crippen molar-refractivity contribution in [3.8, 4) is 0 Å². The molecule has 5 heteroatoms. The molecule has 0 bridgehead atoms. The lowest BCUT2D eigenvalue weighted by atomic mass is 9.91. The number of non-ortho nitro benzene ring substituents is 1. The van der Waals surface area contributed by atoms with Crippen LogP contribution in [0.15, 0.2) is 24.3 Å². The number of hydrogen-bond donors (Lipinski definition) is 0. The van der Waals surface area contributed by atoms with E-state index in [1.54, 1.807) is 12.1 Å². The highest BCUT2D eigenvalue weighted by molar-refractivity contribution is 5.34. The molecule has 5 nitrogen and oxygen atoms in total. The molecule has 3 rings (SSSR count). The molecule has 2 saturated heterocycles. The van der Waals surface area contributed by atoms with Gasteiger partial charge in [0.1, 0.15) is 6.23 Å². The van der Waals surface area contributed by atoms with Gasteiger partial charge in [0.15, 0.2) is 0 Å². The molecule has 0 aliphatic carbocycles. The zero-order valence-electron chi connectivity index (χ0n) is 11.0.